The van der Waals surface area contributed by atoms with Crippen LogP contribution >= 0.6 is 0 Å². The number of anilines is 2. The van der Waals surface area contributed by atoms with Crippen molar-refractivity contribution in [3.05, 3.63) is 35.6 Å². The van der Waals surface area contributed by atoms with Gasteiger partial charge in [0.05, 0.1) is 30.9 Å². The topological polar surface area (TPSA) is 87.2 Å². The largest absolute Gasteiger partial charge is 0.475 e. The number of rotatable bonds is 6. The van der Waals surface area contributed by atoms with E-state index in [0.29, 0.717) is 54.7 Å². The van der Waals surface area contributed by atoms with Gasteiger partial charge in [0.1, 0.15) is 18.2 Å². The standard InChI is InChI=1S/C25H29F3N4O4/c1-16-10-19(26)20(29-23(34)32-3-2-24(15-32)14-25(24,27)28)13-18(16)17-11-21(31-4-7-35-8-5-31)30-22(12-17)36-9-6-33/h10-13,33H,2-9,14-15H2,1H3,(H,29,34). The number of hydrogen-bond acceptors (Lipinski definition) is 6. The minimum absolute atomic E-state index is 0.0355. The molecule has 1 aromatic heterocycles. The van der Waals surface area contributed by atoms with Crippen molar-refractivity contribution in [2.75, 3.05) is 62.8 Å². The summed E-state index contributed by atoms with van der Waals surface area (Å²) in [5.74, 6) is -2.38. The average Bonchev–Trinajstić information content (AvgIpc) is 3.16. The summed E-state index contributed by atoms with van der Waals surface area (Å²) in [5, 5.41) is 11.7. The number of urea groups is 1. The quantitative estimate of drug-likeness (QED) is 0.622. The number of morpholine rings is 1. The molecule has 3 aliphatic rings. The zero-order valence-corrected chi connectivity index (χ0v) is 20.0. The molecule has 2 aliphatic heterocycles. The van der Waals surface area contributed by atoms with Gasteiger partial charge in [-0.05, 0) is 48.2 Å². The molecule has 1 saturated carbocycles. The highest BCUT2D eigenvalue weighted by Crippen LogP contribution is 2.65. The lowest BCUT2D eigenvalue weighted by atomic mass is 10.00. The molecule has 11 heteroatoms. The molecule has 1 spiro atoms. The first-order valence-corrected chi connectivity index (χ1v) is 12.0. The molecule has 0 radical (unpaired) electrons. The third kappa shape index (κ3) is 4.69. The number of halogens is 3. The predicted molar refractivity (Wildman–Crippen MR) is 127 cm³/mol. The Morgan fingerprint density at radius 2 is 1.97 bits per heavy atom. The highest BCUT2D eigenvalue weighted by Gasteiger charge is 2.73. The summed E-state index contributed by atoms with van der Waals surface area (Å²) < 4.78 is 53.3. The fourth-order valence-corrected chi connectivity index (χ4v) is 4.97. The fraction of sp³-hybridized carbons (Fsp3) is 0.520. The molecule has 1 unspecified atom stereocenters. The summed E-state index contributed by atoms with van der Waals surface area (Å²) in [6.07, 6.45) is 0.0357. The number of aromatic nitrogens is 1. The van der Waals surface area contributed by atoms with Gasteiger partial charge in [0.2, 0.25) is 5.88 Å². The minimum Gasteiger partial charge on any atom is -0.475 e. The summed E-state index contributed by atoms with van der Waals surface area (Å²) in [6, 6.07) is 5.83. The molecular weight excluding hydrogens is 477 g/mol. The van der Waals surface area contributed by atoms with Crippen molar-refractivity contribution in [2.45, 2.75) is 25.7 Å². The van der Waals surface area contributed by atoms with Crippen LogP contribution in [-0.2, 0) is 4.74 Å². The molecule has 2 amide bonds. The van der Waals surface area contributed by atoms with Gasteiger partial charge in [-0.2, -0.15) is 4.98 Å². The molecule has 8 nitrogen and oxygen atoms in total. The lowest BCUT2D eigenvalue weighted by molar-refractivity contribution is 0.0678. The summed E-state index contributed by atoms with van der Waals surface area (Å²) in [4.78, 5) is 20.7. The van der Waals surface area contributed by atoms with Gasteiger partial charge in [-0.25, -0.2) is 18.0 Å². The van der Waals surface area contributed by atoms with E-state index in [4.69, 9.17) is 9.47 Å². The zero-order valence-electron chi connectivity index (χ0n) is 20.0. The molecule has 5 rings (SSSR count). The van der Waals surface area contributed by atoms with E-state index >= 15 is 0 Å². The second-order valence-corrected chi connectivity index (χ2v) is 9.63. The van der Waals surface area contributed by atoms with Gasteiger partial charge in [0, 0.05) is 38.7 Å². The monoisotopic (exact) mass is 506 g/mol. The summed E-state index contributed by atoms with van der Waals surface area (Å²) >= 11 is 0. The van der Waals surface area contributed by atoms with Crippen LogP contribution in [0.1, 0.15) is 18.4 Å². The molecule has 2 N–H and O–H groups in total. The number of aryl methyl sites for hydroxylation is 1. The molecular formula is C25H29F3N4O4. The number of alkyl halides is 2. The van der Waals surface area contributed by atoms with Crippen LogP contribution < -0.4 is 15.0 Å². The van der Waals surface area contributed by atoms with Crippen molar-refractivity contribution in [1.29, 1.82) is 0 Å². The lowest BCUT2D eigenvalue weighted by Crippen LogP contribution is -2.36. The average molecular weight is 507 g/mol. The number of ether oxygens (including phenoxy) is 2. The SMILES string of the molecule is Cc1cc(F)c(NC(=O)N2CCC3(C2)CC3(F)F)cc1-c1cc(OCCO)nc(N2CCOCC2)c1. The van der Waals surface area contributed by atoms with E-state index in [-0.39, 0.29) is 44.8 Å². The van der Waals surface area contributed by atoms with E-state index < -0.39 is 23.2 Å². The number of aliphatic hydroxyl groups is 1. The Kier molecular flexibility index (Phi) is 6.46. The Morgan fingerprint density at radius 1 is 1.22 bits per heavy atom. The number of carbonyl (C=O) groups excluding carboxylic acids is 1. The molecule has 2 saturated heterocycles. The number of nitrogens with zero attached hydrogens (tertiary/aromatic N) is 3. The van der Waals surface area contributed by atoms with Gasteiger partial charge in [-0.1, -0.05) is 0 Å². The number of aliphatic hydroxyl groups excluding tert-OH is 1. The van der Waals surface area contributed by atoms with E-state index in [0.717, 1.165) is 0 Å². The van der Waals surface area contributed by atoms with Crippen molar-refractivity contribution in [3.63, 3.8) is 0 Å². The van der Waals surface area contributed by atoms with E-state index in [9.17, 15) is 23.1 Å². The maximum absolute atomic E-state index is 14.9. The Hall–Kier alpha value is -3.05. The predicted octanol–water partition coefficient (Wildman–Crippen LogP) is 3.67. The van der Waals surface area contributed by atoms with Crippen molar-refractivity contribution in [2.24, 2.45) is 5.41 Å². The van der Waals surface area contributed by atoms with Gasteiger partial charge in [0.25, 0.3) is 5.92 Å². The highest BCUT2D eigenvalue weighted by atomic mass is 19.3. The van der Waals surface area contributed by atoms with Crippen molar-refractivity contribution in [1.82, 2.24) is 9.88 Å². The molecule has 36 heavy (non-hydrogen) atoms. The zero-order chi connectivity index (χ0) is 25.5. The van der Waals surface area contributed by atoms with E-state index in [1.807, 2.05) is 6.07 Å². The van der Waals surface area contributed by atoms with E-state index in [1.165, 1.54) is 17.0 Å². The fourth-order valence-electron chi connectivity index (χ4n) is 4.97. The normalized spacial score (nSPS) is 22.7. The molecule has 0 bridgehead atoms. The molecule has 1 aliphatic carbocycles. The van der Waals surface area contributed by atoms with Crippen LogP contribution in [0.3, 0.4) is 0 Å². The summed E-state index contributed by atoms with van der Waals surface area (Å²) in [7, 11) is 0. The molecule has 194 valence electrons. The summed E-state index contributed by atoms with van der Waals surface area (Å²) in [5.41, 5.74) is 0.829. The number of benzene rings is 1. The van der Waals surface area contributed by atoms with Crippen LogP contribution in [0, 0.1) is 18.2 Å². The molecule has 1 aromatic carbocycles. The maximum atomic E-state index is 14.9. The van der Waals surface area contributed by atoms with Crippen LogP contribution in [0.15, 0.2) is 24.3 Å². The number of likely N-dealkylation sites (tertiary alicyclic amines) is 1. The number of pyridine rings is 1. The molecule has 1 atom stereocenters. The Labute approximate surface area is 207 Å². The smallest absolute Gasteiger partial charge is 0.321 e. The molecule has 2 aromatic rings. The first-order chi connectivity index (χ1) is 17.2. The lowest BCUT2D eigenvalue weighted by Gasteiger charge is -2.28. The van der Waals surface area contributed by atoms with Gasteiger partial charge in [-0.3, -0.25) is 0 Å². The van der Waals surface area contributed by atoms with Crippen LogP contribution in [0.5, 0.6) is 5.88 Å². The third-order valence-electron chi connectivity index (χ3n) is 7.18. The molecule has 3 fully saturated rings. The second kappa shape index (κ2) is 9.44. The van der Waals surface area contributed by atoms with Crippen molar-refractivity contribution in [3.8, 4) is 17.0 Å². The van der Waals surface area contributed by atoms with Crippen LogP contribution in [0.2, 0.25) is 0 Å². The minimum atomic E-state index is -2.74. The Balaban J connectivity index is 1.41. The highest BCUT2D eigenvalue weighted by molar-refractivity contribution is 5.91. The number of nitrogens with one attached hydrogen (secondary N) is 1. The number of amides is 2. The van der Waals surface area contributed by atoms with Crippen LogP contribution in [-0.4, -0.2) is 79.6 Å². The Morgan fingerprint density at radius 3 is 2.64 bits per heavy atom. The maximum Gasteiger partial charge on any atom is 0.321 e. The number of carbonyl (C=O) groups is 1. The van der Waals surface area contributed by atoms with Gasteiger partial charge in [0.15, 0.2) is 0 Å². The Bertz CT molecular complexity index is 1160. The summed E-state index contributed by atoms with van der Waals surface area (Å²) in [6.45, 7) is 4.25. The number of hydrogen-bond donors (Lipinski definition) is 2. The van der Waals surface area contributed by atoms with E-state index in [1.54, 1.807) is 13.0 Å². The van der Waals surface area contributed by atoms with Gasteiger partial charge < -0.3 is 29.7 Å². The second-order valence-electron chi connectivity index (χ2n) is 9.63. The van der Waals surface area contributed by atoms with Crippen LogP contribution in [0.4, 0.5) is 29.5 Å². The first-order valence-electron chi connectivity index (χ1n) is 12.0. The van der Waals surface area contributed by atoms with Crippen LogP contribution in [0.25, 0.3) is 11.1 Å². The molecule has 3 heterocycles. The van der Waals surface area contributed by atoms with Crippen molar-refractivity contribution < 1.29 is 32.5 Å². The van der Waals surface area contributed by atoms with Gasteiger partial charge >= 0.3 is 6.03 Å². The van der Waals surface area contributed by atoms with Crippen molar-refractivity contribution >= 4 is 17.5 Å². The van der Waals surface area contributed by atoms with E-state index in [2.05, 4.69) is 15.2 Å². The van der Waals surface area contributed by atoms with Gasteiger partial charge in [-0.15, -0.1) is 0 Å². The first kappa shape index (κ1) is 24.6. The third-order valence-corrected chi connectivity index (χ3v) is 7.18.